The van der Waals surface area contributed by atoms with Crippen LogP contribution in [0.4, 0.5) is 0 Å². The van der Waals surface area contributed by atoms with Crippen molar-refractivity contribution < 1.29 is 19.5 Å². The summed E-state index contributed by atoms with van der Waals surface area (Å²) in [4.78, 5) is 38.9. The number of aliphatic hydroxyl groups is 1. The molecule has 0 fully saturated rings. The van der Waals surface area contributed by atoms with Gasteiger partial charge in [0.15, 0.2) is 5.60 Å². The zero-order chi connectivity index (χ0) is 30.2. The van der Waals surface area contributed by atoms with Gasteiger partial charge in [0.05, 0.1) is 12.5 Å². The maximum absolute atomic E-state index is 13.6. The van der Waals surface area contributed by atoms with Crippen LogP contribution in [0.1, 0.15) is 69.7 Å². The number of amides is 3. The van der Waals surface area contributed by atoms with Crippen LogP contribution in [-0.4, -0.2) is 34.5 Å². The number of nitrogens with one attached hydrogen (secondary N) is 2. The SMILES string of the molecule is Cc1cccc(CCC[C@@](O)(CC(N)=O)C(=O)N[C@H](C(=O)N[C@H](C)c2ccccc2)C(C)(C)C)c1-c1ccccc1. The minimum atomic E-state index is -2.06. The van der Waals surface area contributed by atoms with E-state index < -0.39 is 35.3 Å². The lowest BCUT2D eigenvalue weighted by molar-refractivity contribution is -0.148. The zero-order valence-corrected chi connectivity index (χ0v) is 24.7. The first kappa shape index (κ1) is 31.6. The van der Waals surface area contributed by atoms with E-state index in [1.165, 1.54) is 0 Å². The van der Waals surface area contributed by atoms with Crippen LogP contribution in [0.3, 0.4) is 0 Å². The minimum Gasteiger partial charge on any atom is -0.379 e. The summed E-state index contributed by atoms with van der Waals surface area (Å²) >= 11 is 0. The predicted molar refractivity (Wildman–Crippen MR) is 163 cm³/mol. The Bertz CT molecular complexity index is 1340. The lowest BCUT2D eigenvalue weighted by Crippen LogP contribution is -2.59. The Hall–Kier alpha value is -3.97. The minimum absolute atomic E-state index is 0.00282. The fourth-order valence-corrected chi connectivity index (χ4v) is 5.16. The molecule has 7 nitrogen and oxygen atoms in total. The van der Waals surface area contributed by atoms with Crippen molar-refractivity contribution in [1.29, 1.82) is 0 Å². The number of rotatable bonds is 12. The summed E-state index contributed by atoms with van der Waals surface area (Å²) in [5.41, 5.74) is 8.09. The maximum atomic E-state index is 13.6. The fraction of sp³-hybridized carbons (Fsp3) is 0.382. The second kappa shape index (κ2) is 13.6. The predicted octanol–water partition coefficient (Wildman–Crippen LogP) is 5.00. The number of carbonyl (C=O) groups is 3. The van der Waals surface area contributed by atoms with Gasteiger partial charge in [0.1, 0.15) is 6.04 Å². The van der Waals surface area contributed by atoms with Gasteiger partial charge in [-0.1, -0.05) is 99.6 Å². The number of carbonyl (C=O) groups excluding carboxylic acids is 3. The first-order valence-corrected chi connectivity index (χ1v) is 14.1. The van der Waals surface area contributed by atoms with Gasteiger partial charge in [-0.3, -0.25) is 14.4 Å². The molecule has 0 spiro atoms. The Kier molecular flexibility index (Phi) is 10.5. The highest BCUT2D eigenvalue weighted by atomic mass is 16.3. The Morgan fingerprint density at radius 2 is 1.49 bits per heavy atom. The maximum Gasteiger partial charge on any atom is 0.253 e. The highest BCUT2D eigenvalue weighted by Gasteiger charge is 2.42. The fourth-order valence-electron chi connectivity index (χ4n) is 5.16. The third kappa shape index (κ3) is 8.51. The van der Waals surface area contributed by atoms with Gasteiger partial charge in [0.25, 0.3) is 5.91 Å². The molecule has 0 aliphatic heterocycles. The van der Waals surface area contributed by atoms with Gasteiger partial charge in [-0.25, -0.2) is 0 Å². The Balaban J connectivity index is 1.77. The van der Waals surface area contributed by atoms with Crippen molar-refractivity contribution in [3.63, 3.8) is 0 Å². The monoisotopic (exact) mass is 557 g/mol. The second-order valence-corrected chi connectivity index (χ2v) is 11.9. The van der Waals surface area contributed by atoms with Gasteiger partial charge >= 0.3 is 0 Å². The van der Waals surface area contributed by atoms with E-state index in [0.717, 1.165) is 27.8 Å². The van der Waals surface area contributed by atoms with Crippen molar-refractivity contribution in [3.05, 3.63) is 95.6 Å². The normalized spacial score (nSPS) is 14.4. The van der Waals surface area contributed by atoms with Crippen molar-refractivity contribution in [2.45, 2.75) is 78.0 Å². The van der Waals surface area contributed by atoms with E-state index in [2.05, 4.69) is 35.8 Å². The van der Waals surface area contributed by atoms with E-state index in [9.17, 15) is 19.5 Å². The summed E-state index contributed by atoms with van der Waals surface area (Å²) in [6.07, 6.45) is 0.468. The van der Waals surface area contributed by atoms with Crippen molar-refractivity contribution in [2.75, 3.05) is 0 Å². The average Bonchev–Trinajstić information content (AvgIpc) is 2.91. The molecule has 0 bridgehead atoms. The highest BCUT2D eigenvalue weighted by Crippen LogP contribution is 2.30. The van der Waals surface area contributed by atoms with E-state index >= 15 is 0 Å². The lowest BCUT2D eigenvalue weighted by Gasteiger charge is -2.35. The molecular formula is C34H43N3O4. The molecular weight excluding hydrogens is 514 g/mol. The molecule has 0 aliphatic carbocycles. The van der Waals surface area contributed by atoms with Crippen LogP contribution >= 0.6 is 0 Å². The molecule has 218 valence electrons. The number of hydrogen-bond acceptors (Lipinski definition) is 4. The highest BCUT2D eigenvalue weighted by molar-refractivity contribution is 5.94. The van der Waals surface area contributed by atoms with Crippen LogP contribution < -0.4 is 16.4 Å². The number of hydrogen-bond donors (Lipinski definition) is 4. The molecule has 0 heterocycles. The number of nitrogens with two attached hydrogens (primary N) is 1. The number of primary amides is 1. The summed E-state index contributed by atoms with van der Waals surface area (Å²) in [6, 6.07) is 24.4. The van der Waals surface area contributed by atoms with E-state index in [1.54, 1.807) is 0 Å². The first-order valence-electron chi connectivity index (χ1n) is 14.1. The van der Waals surface area contributed by atoms with Crippen molar-refractivity contribution >= 4 is 17.7 Å². The molecule has 0 unspecified atom stereocenters. The number of benzene rings is 3. The second-order valence-electron chi connectivity index (χ2n) is 11.9. The van der Waals surface area contributed by atoms with Crippen LogP contribution in [0, 0.1) is 12.3 Å². The van der Waals surface area contributed by atoms with Gasteiger partial charge in [-0.2, -0.15) is 0 Å². The first-order chi connectivity index (χ1) is 19.3. The molecule has 0 radical (unpaired) electrons. The molecule has 0 saturated carbocycles. The Morgan fingerprint density at radius 3 is 2.07 bits per heavy atom. The molecule has 41 heavy (non-hydrogen) atoms. The molecule has 0 saturated heterocycles. The van der Waals surface area contributed by atoms with Crippen LogP contribution in [-0.2, 0) is 20.8 Å². The standard InChI is InChI=1S/C34H43N3O4/c1-23-14-12-19-27(29(23)26-17-10-7-11-18-26)20-13-21-34(41,22-28(35)38)32(40)37-30(33(3,4)5)31(39)36-24(2)25-15-8-6-9-16-25/h6-12,14-19,24,30,41H,13,20-22H2,1-5H3,(H2,35,38)(H,36,39)(H,37,40)/t24-,30-,34-/m1/s1. The third-order valence-corrected chi connectivity index (χ3v) is 7.41. The summed E-state index contributed by atoms with van der Waals surface area (Å²) in [6.45, 7) is 9.42. The van der Waals surface area contributed by atoms with E-state index in [1.807, 2.05) is 88.4 Å². The van der Waals surface area contributed by atoms with Crippen LogP contribution in [0.2, 0.25) is 0 Å². The van der Waals surface area contributed by atoms with E-state index in [-0.39, 0.29) is 18.4 Å². The van der Waals surface area contributed by atoms with Gasteiger partial charge in [-0.05, 0) is 66.3 Å². The quantitative estimate of drug-likeness (QED) is 0.250. The molecule has 3 rings (SSSR count). The van der Waals surface area contributed by atoms with Gasteiger partial charge < -0.3 is 21.5 Å². The van der Waals surface area contributed by atoms with Crippen LogP contribution in [0.15, 0.2) is 78.9 Å². The Morgan fingerprint density at radius 1 is 0.878 bits per heavy atom. The van der Waals surface area contributed by atoms with Crippen molar-refractivity contribution in [3.8, 4) is 11.1 Å². The smallest absolute Gasteiger partial charge is 0.253 e. The Labute approximate surface area is 243 Å². The average molecular weight is 558 g/mol. The zero-order valence-electron chi connectivity index (χ0n) is 24.7. The van der Waals surface area contributed by atoms with Gasteiger partial charge in [-0.15, -0.1) is 0 Å². The van der Waals surface area contributed by atoms with Gasteiger partial charge in [0.2, 0.25) is 11.8 Å². The molecule has 0 aromatic heterocycles. The van der Waals surface area contributed by atoms with Crippen LogP contribution in [0.5, 0.6) is 0 Å². The summed E-state index contributed by atoms with van der Waals surface area (Å²) in [5, 5.41) is 17.2. The van der Waals surface area contributed by atoms with E-state index in [4.69, 9.17) is 5.73 Å². The molecule has 3 aromatic carbocycles. The lowest BCUT2D eigenvalue weighted by atomic mass is 9.84. The number of aryl methyl sites for hydroxylation is 2. The topological polar surface area (TPSA) is 122 Å². The van der Waals surface area contributed by atoms with Crippen LogP contribution in [0.25, 0.3) is 11.1 Å². The molecule has 3 amide bonds. The molecule has 7 heteroatoms. The van der Waals surface area contributed by atoms with Crippen molar-refractivity contribution in [1.82, 2.24) is 10.6 Å². The molecule has 3 aromatic rings. The summed E-state index contributed by atoms with van der Waals surface area (Å²) in [7, 11) is 0. The van der Waals surface area contributed by atoms with E-state index in [0.29, 0.717) is 12.8 Å². The molecule has 3 atom stereocenters. The summed E-state index contributed by atoms with van der Waals surface area (Å²) in [5.74, 6) is -1.96. The molecule has 0 aliphatic rings. The largest absolute Gasteiger partial charge is 0.379 e. The third-order valence-electron chi connectivity index (χ3n) is 7.41. The van der Waals surface area contributed by atoms with Gasteiger partial charge in [0, 0.05) is 0 Å². The van der Waals surface area contributed by atoms with Crippen molar-refractivity contribution in [2.24, 2.45) is 11.1 Å². The summed E-state index contributed by atoms with van der Waals surface area (Å²) < 4.78 is 0. The molecule has 5 N–H and O–H groups in total.